The van der Waals surface area contributed by atoms with Gasteiger partial charge in [-0.2, -0.15) is 13.2 Å². The summed E-state index contributed by atoms with van der Waals surface area (Å²) in [6.07, 6.45) is -4.37. The van der Waals surface area contributed by atoms with Gasteiger partial charge >= 0.3 is 18.2 Å². The van der Waals surface area contributed by atoms with Crippen LogP contribution in [0.3, 0.4) is 0 Å². The molecule has 0 aliphatic heterocycles. The summed E-state index contributed by atoms with van der Waals surface area (Å²) in [4.78, 5) is 36.6. The minimum atomic E-state index is -4.50. The average Bonchev–Trinajstić information content (AvgIpc) is 2.88. The van der Waals surface area contributed by atoms with E-state index in [1.807, 2.05) is 24.3 Å². The largest absolute Gasteiger partial charge is 0.480 e. The van der Waals surface area contributed by atoms with Gasteiger partial charge in [-0.3, -0.25) is 10.1 Å². The highest BCUT2D eigenvalue weighted by Gasteiger charge is 2.30. The third-order valence-electron chi connectivity index (χ3n) is 5.68. The van der Waals surface area contributed by atoms with Crippen LogP contribution in [0.25, 0.3) is 11.1 Å². The molecule has 2 amide bonds. The number of halogens is 3. The molecule has 2 N–H and O–H groups in total. The van der Waals surface area contributed by atoms with Gasteiger partial charge in [-0.05, 0) is 59.5 Å². The van der Waals surface area contributed by atoms with Gasteiger partial charge in [0.2, 0.25) is 6.41 Å². The molecule has 0 unspecified atom stereocenters. The molecule has 0 heterocycles. The second-order valence-electron chi connectivity index (χ2n) is 8.09. The average molecular weight is 515 g/mol. The number of alkyl halides is 3. The van der Waals surface area contributed by atoms with Crippen molar-refractivity contribution in [1.82, 2.24) is 0 Å². The maximum absolute atomic E-state index is 12.6. The van der Waals surface area contributed by atoms with Crippen molar-refractivity contribution in [3.05, 3.63) is 83.9 Å². The number of hydrogen-bond acceptors (Lipinski definition) is 4. The number of aryl methyl sites for hydroxylation is 1. The first kappa shape index (κ1) is 27.3. The summed E-state index contributed by atoms with van der Waals surface area (Å²) in [5, 5.41) is 11.9. The van der Waals surface area contributed by atoms with Gasteiger partial charge < -0.3 is 14.7 Å². The number of carboxylic acids is 1. The Kier molecular flexibility index (Phi) is 8.89. The molecule has 3 aromatic carbocycles. The Morgan fingerprint density at radius 1 is 0.973 bits per heavy atom. The fourth-order valence-corrected chi connectivity index (χ4v) is 3.61. The first-order valence-electron chi connectivity index (χ1n) is 11.4. The predicted octanol–water partition coefficient (Wildman–Crippen LogP) is 5.99. The molecule has 3 rings (SSSR count). The lowest BCUT2D eigenvalue weighted by atomic mass is 10.0. The van der Waals surface area contributed by atoms with E-state index < -0.39 is 29.8 Å². The highest BCUT2D eigenvalue weighted by atomic mass is 19.4. The fourth-order valence-electron chi connectivity index (χ4n) is 3.61. The van der Waals surface area contributed by atoms with Crippen molar-refractivity contribution < 1.29 is 37.4 Å². The van der Waals surface area contributed by atoms with Crippen LogP contribution in [0.5, 0.6) is 0 Å². The van der Waals surface area contributed by atoms with Crippen molar-refractivity contribution in [3.63, 3.8) is 0 Å². The fraction of sp³-hybridized carbons (Fsp3) is 0.222. The zero-order valence-corrected chi connectivity index (χ0v) is 19.9. The quantitative estimate of drug-likeness (QED) is 0.324. The van der Waals surface area contributed by atoms with Gasteiger partial charge in [0.15, 0.2) is 0 Å². The minimum absolute atomic E-state index is 0.0757. The van der Waals surface area contributed by atoms with Crippen LogP contribution < -0.4 is 10.2 Å². The molecule has 37 heavy (non-hydrogen) atoms. The number of nitrogens with zero attached hydrogens (tertiary/aromatic N) is 1. The number of aliphatic carboxylic acids is 1. The van der Waals surface area contributed by atoms with Crippen LogP contribution in [-0.4, -0.2) is 36.2 Å². The number of carbonyl (C=O) groups is 3. The van der Waals surface area contributed by atoms with Gasteiger partial charge in [0.05, 0.1) is 12.2 Å². The minimum Gasteiger partial charge on any atom is -0.480 e. The number of carboxylic acid groups (broad SMARTS) is 1. The topological polar surface area (TPSA) is 95.9 Å². The Morgan fingerprint density at radius 2 is 1.54 bits per heavy atom. The van der Waals surface area contributed by atoms with Crippen molar-refractivity contribution in [3.8, 4) is 11.1 Å². The second kappa shape index (κ2) is 12.1. The van der Waals surface area contributed by atoms with Crippen LogP contribution in [0, 0.1) is 0 Å². The van der Waals surface area contributed by atoms with Crippen LogP contribution in [0.4, 0.5) is 29.3 Å². The van der Waals surface area contributed by atoms with Gasteiger partial charge in [0.25, 0.3) is 0 Å². The molecule has 7 nitrogen and oxygen atoms in total. The summed E-state index contributed by atoms with van der Waals surface area (Å²) in [6.45, 7) is 1.71. The van der Waals surface area contributed by atoms with E-state index in [-0.39, 0.29) is 18.7 Å². The Balaban J connectivity index is 1.60. The summed E-state index contributed by atoms with van der Waals surface area (Å²) < 4.78 is 42.9. The van der Waals surface area contributed by atoms with Crippen molar-refractivity contribution in [1.29, 1.82) is 0 Å². The molecule has 0 aliphatic carbocycles. The lowest BCUT2D eigenvalue weighted by Gasteiger charge is -2.25. The monoisotopic (exact) mass is 514 g/mol. The molecule has 0 fully saturated rings. The SMILES string of the molecule is CCc1ccc(-c2ccc(N(C=O)[C@@H](CCOC(=O)Nc3ccc(C(F)(F)F)cc3)C(=O)O)cc2)cc1. The first-order chi connectivity index (χ1) is 17.6. The molecule has 1 atom stereocenters. The van der Waals surface area contributed by atoms with E-state index in [2.05, 4.69) is 12.2 Å². The molecule has 194 valence electrons. The maximum atomic E-state index is 12.6. The van der Waals surface area contributed by atoms with Crippen LogP contribution in [0.2, 0.25) is 0 Å². The zero-order valence-electron chi connectivity index (χ0n) is 19.9. The lowest BCUT2D eigenvalue weighted by Crippen LogP contribution is -2.41. The van der Waals surface area contributed by atoms with Gasteiger partial charge in [0, 0.05) is 17.8 Å². The molecule has 0 aromatic heterocycles. The number of rotatable bonds is 10. The van der Waals surface area contributed by atoms with Gasteiger partial charge in [-0.25, -0.2) is 9.59 Å². The van der Waals surface area contributed by atoms with Crippen molar-refractivity contribution in [2.75, 3.05) is 16.8 Å². The van der Waals surface area contributed by atoms with Crippen molar-refractivity contribution in [2.24, 2.45) is 0 Å². The number of nitrogens with one attached hydrogen (secondary N) is 1. The number of hydrogen-bond donors (Lipinski definition) is 2. The zero-order chi connectivity index (χ0) is 27.0. The van der Waals surface area contributed by atoms with Crippen LogP contribution in [0.15, 0.2) is 72.8 Å². The summed E-state index contributed by atoms with van der Waals surface area (Å²) >= 11 is 0. The third-order valence-corrected chi connectivity index (χ3v) is 5.68. The molecular weight excluding hydrogens is 489 g/mol. The van der Waals surface area contributed by atoms with E-state index in [1.54, 1.807) is 24.3 Å². The van der Waals surface area contributed by atoms with Crippen LogP contribution in [0.1, 0.15) is 24.5 Å². The Labute approximate surface area is 211 Å². The Bertz CT molecular complexity index is 1210. The smallest absolute Gasteiger partial charge is 0.416 e. The molecule has 0 spiro atoms. The highest BCUT2D eigenvalue weighted by Crippen LogP contribution is 2.30. The van der Waals surface area contributed by atoms with Crippen LogP contribution >= 0.6 is 0 Å². The van der Waals surface area contributed by atoms with Gasteiger partial charge in [-0.15, -0.1) is 0 Å². The molecular formula is C27H25F3N2O5. The van der Waals surface area contributed by atoms with Crippen LogP contribution in [-0.2, 0) is 26.9 Å². The molecule has 0 radical (unpaired) electrons. The van der Waals surface area contributed by atoms with Crippen molar-refractivity contribution in [2.45, 2.75) is 32.0 Å². The highest BCUT2D eigenvalue weighted by molar-refractivity contribution is 5.88. The normalized spacial score (nSPS) is 11.9. The van der Waals surface area contributed by atoms with E-state index >= 15 is 0 Å². The summed E-state index contributed by atoms with van der Waals surface area (Å²) in [5.74, 6) is -1.29. The molecule has 0 saturated carbocycles. The van der Waals surface area contributed by atoms with E-state index in [0.717, 1.165) is 46.7 Å². The standard InChI is InChI=1S/C27H25F3N2O5/c1-2-18-3-5-19(6-4-18)20-7-13-23(14-8-20)32(17-33)24(25(34)35)15-16-37-26(36)31-22-11-9-21(10-12-22)27(28,29)30/h3-14,17,24H,2,15-16H2,1H3,(H,31,36)(H,34,35)/t24-/m0/s1. The van der Waals surface area contributed by atoms with E-state index in [9.17, 15) is 32.7 Å². The predicted molar refractivity (Wildman–Crippen MR) is 132 cm³/mol. The maximum Gasteiger partial charge on any atom is 0.416 e. The number of carbonyl (C=O) groups excluding carboxylic acids is 2. The van der Waals surface area contributed by atoms with Gasteiger partial charge in [0.1, 0.15) is 6.04 Å². The number of benzene rings is 3. The summed E-state index contributed by atoms with van der Waals surface area (Å²) in [6, 6.07) is 17.3. The molecule has 0 saturated heterocycles. The molecule has 0 aliphatic rings. The number of anilines is 2. The summed E-state index contributed by atoms with van der Waals surface area (Å²) in [5.41, 5.74) is 2.63. The third kappa shape index (κ3) is 7.33. The second-order valence-corrected chi connectivity index (χ2v) is 8.09. The number of ether oxygens (including phenoxy) is 1. The Morgan fingerprint density at radius 3 is 2.03 bits per heavy atom. The number of amides is 2. The van der Waals surface area contributed by atoms with Crippen molar-refractivity contribution >= 4 is 29.8 Å². The molecule has 0 bridgehead atoms. The van der Waals surface area contributed by atoms with E-state index in [1.165, 1.54) is 5.56 Å². The molecule has 10 heteroatoms. The van der Waals surface area contributed by atoms with E-state index in [0.29, 0.717) is 12.1 Å². The molecule has 3 aromatic rings. The van der Waals surface area contributed by atoms with Gasteiger partial charge in [-0.1, -0.05) is 43.3 Å². The Hall–Kier alpha value is -4.34. The first-order valence-corrected chi connectivity index (χ1v) is 11.4. The summed E-state index contributed by atoms with van der Waals surface area (Å²) in [7, 11) is 0. The van der Waals surface area contributed by atoms with E-state index in [4.69, 9.17) is 4.74 Å². The lowest BCUT2D eigenvalue weighted by molar-refractivity contribution is -0.140.